The summed E-state index contributed by atoms with van der Waals surface area (Å²) in [6.45, 7) is 3.74. The van der Waals surface area contributed by atoms with E-state index in [0.29, 0.717) is 0 Å². The van der Waals surface area contributed by atoms with Crippen molar-refractivity contribution in [3.05, 3.63) is 40.2 Å². The second-order valence-corrected chi connectivity index (χ2v) is 6.19. The highest BCUT2D eigenvalue weighted by atomic mass is 32.1. The molecule has 0 spiro atoms. The van der Waals surface area contributed by atoms with Gasteiger partial charge in [0.25, 0.3) is 0 Å². The normalized spacial score (nSPS) is 11.5. The highest BCUT2D eigenvalue weighted by molar-refractivity contribution is 7.13. The number of nitrogens with zero attached hydrogens (tertiary/aromatic N) is 2. The van der Waals surface area contributed by atoms with Crippen LogP contribution in [0.2, 0.25) is 0 Å². The number of rotatable bonds is 4. The lowest BCUT2D eigenvalue weighted by atomic mass is 10.1. The minimum atomic E-state index is -0.939. The zero-order valence-electron chi connectivity index (χ0n) is 12.5. The van der Waals surface area contributed by atoms with Crippen LogP contribution in [0.25, 0.3) is 16.8 Å². The minimum absolute atomic E-state index is 0.719. The van der Waals surface area contributed by atoms with E-state index in [2.05, 4.69) is 4.98 Å². The Morgan fingerprint density at radius 3 is 2.62 bits per heavy atom. The lowest BCUT2D eigenvalue weighted by molar-refractivity contribution is -0.131. The monoisotopic (exact) mass is 302 g/mol. The van der Waals surface area contributed by atoms with Gasteiger partial charge < -0.3 is 10.0 Å². The lowest BCUT2D eigenvalue weighted by Gasteiger charge is -2.17. The molecule has 2 aromatic rings. The fourth-order valence-corrected chi connectivity index (χ4v) is 3.10. The topological polar surface area (TPSA) is 53.4 Å². The van der Waals surface area contributed by atoms with Crippen molar-refractivity contribution in [2.75, 3.05) is 19.0 Å². The second-order valence-electron chi connectivity index (χ2n) is 4.99. The molecule has 0 fully saturated rings. The smallest absolute Gasteiger partial charge is 0.328 e. The van der Waals surface area contributed by atoms with Crippen molar-refractivity contribution in [2.45, 2.75) is 13.8 Å². The molecule has 0 saturated carbocycles. The van der Waals surface area contributed by atoms with Crippen LogP contribution in [-0.4, -0.2) is 30.2 Å². The van der Waals surface area contributed by atoms with Gasteiger partial charge in [-0.1, -0.05) is 18.2 Å². The molecule has 0 aliphatic carbocycles. The van der Waals surface area contributed by atoms with Crippen LogP contribution in [0.3, 0.4) is 0 Å². The van der Waals surface area contributed by atoms with Gasteiger partial charge in [0.05, 0.1) is 15.6 Å². The summed E-state index contributed by atoms with van der Waals surface area (Å²) >= 11 is 1.52. The molecule has 110 valence electrons. The van der Waals surface area contributed by atoms with E-state index in [0.717, 1.165) is 32.4 Å². The highest BCUT2D eigenvalue weighted by Gasteiger charge is 2.17. The molecule has 1 N–H and O–H groups in total. The number of para-hydroxylation sites is 1. The SMILES string of the molecule is C/C(=C\C(=O)O)c1sc(C)nc1-c1ccccc1N(C)C. The molecule has 5 heteroatoms. The van der Waals surface area contributed by atoms with Gasteiger partial charge >= 0.3 is 5.97 Å². The molecule has 1 aromatic heterocycles. The first-order valence-electron chi connectivity index (χ1n) is 6.56. The van der Waals surface area contributed by atoms with Crippen LogP contribution in [0.1, 0.15) is 16.8 Å². The average molecular weight is 302 g/mol. The van der Waals surface area contributed by atoms with Crippen molar-refractivity contribution < 1.29 is 9.90 Å². The first-order chi connectivity index (χ1) is 9.90. The van der Waals surface area contributed by atoms with E-state index < -0.39 is 5.97 Å². The summed E-state index contributed by atoms with van der Waals surface area (Å²) in [6.07, 6.45) is 1.23. The fourth-order valence-electron chi connectivity index (χ4n) is 2.19. The van der Waals surface area contributed by atoms with Gasteiger partial charge in [-0.25, -0.2) is 9.78 Å². The van der Waals surface area contributed by atoms with Crippen molar-refractivity contribution in [3.63, 3.8) is 0 Å². The molecule has 2 rings (SSSR count). The number of allylic oxidation sites excluding steroid dienone is 1. The van der Waals surface area contributed by atoms with Crippen molar-refractivity contribution in [1.29, 1.82) is 0 Å². The number of carboxylic acids is 1. The van der Waals surface area contributed by atoms with Crippen LogP contribution in [0, 0.1) is 6.92 Å². The molecule has 21 heavy (non-hydrogen) atoms. The Morgan fingerprint density at radius 2 is 2.00 bits per heavy atom. The van der Waals surface area contributed by atoms with E-state index >= 15 is 0 Å². The Kier molecular flexibility index (Phi) is 4.43. The number of hydrogen-bond donors (Lipinski definition) is 1. The molecule has 0 unspecified atom stereocenters. The molecule has 0 aliphatic rings. The van der Waals surface area contributed by atoms with Crippen LogP contribution in [-0.2, 0) is 4.79 Å². The van der Waals surface area contributed by atoms with Crippen LogP contribution >= 0.6 is 11.3 Å². The van der Waals surface area contributed by atoms with Crippen LogP contribution in [0.4, 0.5) is 5.69 Å². The number of benzene rings is 1. The number of carbonyl (C=O) groups is 1. The van der Waals surface area contributed by atoms with Gasteiger partial charge in [-0.05, 0) is 25.5 Å². The van der Waals surface area contributed by atoms with Crippen molar-refractivity contribution in [2.24, 2.45) is 0 Å². The summed E-state index contributed by atoms with van der Waals surface area (Å²) in [6, 6.07) is 8.00. The van der Waals surface area contributed by atoms with Crippen molar-refractivity contribution in [3.8, 4) is 11.3 Å². The largest absolute Gasteiger partial charge is 0.478 e. The van der Waals surface area contributed by atoms with E-state index in [1.54, 1.807) is 0 Å². The van der Waals surface area contributed by atoms with E-state index in [4.69, 9.17) is 5.11 Å². The maximum absolute atomic E-state index is 10.9. The predicted octanol–water partition coefficient (Wildman–Crippen LogP) is 3.67. The number of carboxylic acid groups (broad SMARTS) is 1. The van der Waals surface area contributed by atoms with E-state index in [-0.39, 0.29) is 0 Å². The van der Waals surface area contributed by atoms with Gasteiger partial charge in [-0.3, -0.25) is 0 Å². The van der Waals surface area contributed by atoms with Crippen LogP contribution in [0.5, 0.6) is 0 Å². The third kappa shape index (κ3) is 3.31. The Bertz CT molecular complexity index is 702. The van der Waals surface area contributed by atoms with Crippen LogP contribution < -0.4 is 4.90 Å². The van der Waals surface area contributed by atoms with E-state index in [9.17, 15) is 4.79 Å². The average Bonchev–Trinajstić information content (AvgIpc) is 2.80. The molecule has 0 amide bonds. The minimum Gasteiger partial charge on any atom is -0.478 e. The van der Waals surface area contributed by atoms with E-state index in [1.165, 1.54) is 17.4 Å². The van der Waals surface area contributed by atoms with Gasteiger partial charge in [0.1, 0.15) is 0 Å². The standard InChI is InChI=1S/C16H18N2O2S/c1-10(9-14(19)20)16-15(17-11(2)21-16)12-7-5-6-8-13(12)18(3)4/h5-9H,1-4H3,(H,19,20)/b10-9+. The summed E-state index contributed by atoms with van der Waals surface area (Å²) in [5, 5.41) is 9.88. The van der Waals surface area contributed by atoms with Gasteiger partial charge in [-0.2, -0.15) is 0 Å². The highest BCUT2D eigenvalue weighted by Crippen LogP contribution is 2.37. The second kappa shape index (κ2) is 6.10. The molecule has 0 radical (unpaired) electrons. The number of aryl methyl sites for hydroxylation is 1. The number of anilines is 1. The Hall–Kier alpha value is -2.14. The number of aromatic nitrogens is 1. The summed E-state index contributed by atoms with van der Waals surface area (Å²) in [5.74, 6) is -0.939. The van der Waals surface area contributed by atoms with Crippen LogP contribution in [0.15, 0.2) is 30.3 Å². The first kappa shape index (κ1) is 15.3. The molecule has 1 aromatic carbocycles. The zero-order valence-corrected chi connectivity index (χ0v) is 13.4. The maximum atomic E-state index is 10.9. The third-order valence-electron chi connectivity index (χ3n) is 3.07. The fraction of sp³-hybridized carbons (Fsp3) is 0.250. The van der Waals surface area contributed by atoms with Gasteiger partial charge in [0.15, 0.2) is 0 Å². The summed E-state index contributed by atoms with van der Waals surface area (Å²) in [5.41, 5.74) is 3.64. The Morgan fingerprint density at radius 1 is 1.33 bits per heavy atom. The molecule has 0 atom stereocenters. The number of hydrogen-bond acceptors (Lipinski definition) is 4. The summed E-state index contributed by atoms with van der Waals surface area (Å²) in [7, 11) is 3.97. The summed E-state index contributed by atoms with van der Waals surface area (Å²) < 4.78 is 0. The molecule has 0 bridgehead atoms. The molecule has 0 saturated heterocycles. The number of thiazole rings is 1. The quantitative estimate of drug-likeness (QED) is 0.876. The maximum Gasteiger partial charge on any atom is 0.328 e. The predicted molar refractivity (Wildman–Crippen MR) is 87.9 cm³/mol. The first-order valence-corrected chi connectivity index (χ1v) is 7.37. The Labute approximate surface area is 128 Å². The van der Waals surface area contributed by atoms with E-state index in [1.807, 2.05) is 57.1 Å². The Balaban J connectivity index is 2.64. The summed E-state index contributed by atoms with van der Waals surface area (Å²) in [4.78, 5) is 18.5. The molecule has 4 nitrogen and oxygen atoms in total. The van der Waals surface area contributed by atoms with Gasteiger partial charge in [-0.15, -0.1) is 11.3 Å². The lowest BCUT2D eigenvalue weighted by Crippen LogP contribution is -2.10. The third-order valence-corrected chi connectivity index (χ3v) is 4.18. The van der Waals surface area contributed by atoms with Crippen molar-refractivity contribution >= 4 is 28.6 Å². The van der Waals surface area contributed by atoms with Gasteiger partial charge in [0.2, 0.25) is 0 Å². The zero-order chi connectivity index (χ0) is 15.6. The van der Waals surface area contributed by atoms with Gasteiger partial charge in [0, 0.05) is 31.4 Å². The molecular formula is C16H18N2O2S. The molecule has 1 heterocycles. The van der Waals surface area contributed by atoms with Crippen molar-refractivity contribution in [1.82, 2.24) is 4.98 Å². The number of aliphatic carboxylic acids is 1. The molecule has 0 aliphatic heterocycles. The molecular weight excluding hydrogens is 284 g/mol.